The van der Waals surface area contributed by atoms with Crippen LogP contribution in [0.1, 0.15) is 40.6 Å². The lowest BCUT2D eigenvalue weighted by Crippen LogP contribution is -2.42. The summed E-state index contributed by atoms with van der Waals surface area (Å²) in [5.41, 5.74) is 6.15. The van der Waals surface area contributed by atoms with Gasteiger partial charge in [0.25, 0.3) is 5.91 Å². The van der Waals surface area contributed by atoms with Crippen molar-refractivity contribution in [2.75, 3.05) is 19.6 Å². The number of carbonyl (C=O) groups excluding carboxylic acids is 2. The van der Waals surface area contributed by atoms with Crippen molar-refractivity contribution in [1.82, 2.24) is 14.8 Å². The Morgan fingerprint density at radius 1 is 1.52 bits per heavy atom. The fourth-order valence-electron chi connectivity index (χ4n) is 2.66. The number of hydrogen-bond donors (Lipinski definition) is 2. The summed E-state index contributed by atoms with van der Waals surface area (Å²) in [5, 5.41) is 3.28. The summed E-state index contributed by atoms with van der Waals surface area (Å²) < 4.78 is 1.67. The summed E-state index contributed by atoms with van der Waals surface area (Å²) in [6, 6.07) is 1.81. The second-order valence-corrected chi connectivity index (χ2v) is 5.23. The number of rotatable bonds is 5. The largest absolute Gasteiger partial charge is 0.366 e. The van der Waals surface area contributed by atoms with Gasteiger partial charge >= 0.3 is 0 Å². The molecule has 1 aliphatic rings. The van der Waals surface area contributed by atoms with Gasteiger partial charge in [0.1, 0.15) is 5.69 Å². The number of aryl methyl sites for hydroxylation is 1. The van der Waals surface area contributed by atoms with Crippen molar-refractivity contribution in [2.24, 2.45) is 12.8 Å². The van der Waals surface area contributed by atoms with Crippen molar-refractivity contribution in [3.05, 3.63) is 23.5 Å². The molecule has 2 heterocycles. The fraction of sp³-hybridized carbons (Fsp3) is 0.571. The van der Waals surface area contributed by atoms with Crippen LogP contribution in [0.2, 0.25) is 0 Å². The molecule has 1 atom stereocenters. The number of aromatic nitrogens is 1. The zero-order valence-electron chi connectivity index (χ0n) is 12.5. The Balaban J connectivity index is 0.00000220. The summed E-state index contributed by atoms with van der Waals surface area (Å²) in [5.74, 6) is -0.542. The third-order valence-corrected chi connectivity index (χ3v) is 3.71. The van der Waals surface area contributed by atoms with E-state index in [1.54, 1.807) is 23.9 Å². The molecule has 1 aromatic rings. The summed E-state index contributed by atoms with van der Waals surface area (Å²) in [4.78, 5) is 25.8. The lowest BCUT2D eigenvalue weighted by molar-refractivity contribution is 0.0682. The van der Waals surface area contributed by atoms with Gasteiger partial charge in [-0.15, -0.1) is 12.4 Å². The SMILES string of the molecule is CCCN(C(=O)c1cc(C(N)=O)cn1C)C1CCNC1.Cl. The molecule has 7 heteroatoms. The van der Waals surface area contributed by atoms with Crippen LogP contribution in [0.15, 0.2) is 12.3 Å². The number of nitrogens with one attached hydrogen (secondary N) is 1. The molecule has 0 radical (unpaired) electrons. The monoisotopic (exact) mass is 314 g/mol. The van der Waals surface area contributed by atoms with Gasteiger partial charge in [0.15, 0.2) is 0 Å². The molecule has 0 spiro atoms. The van der Waals surface area contributed by atoms with Crippen molar-refractivity contribution in [3.63, 3.8) is 0 Å². The normalized spacial score (nSPS) is 17.3. The average Bonchev–Trinajstić information content (AvgIpc) is 3.04. The summed E-state index contributed by atoms with van der Waals surface area (Å²) in [7, 11) is 1.76. The third-order valence-electron chi connectivity index (χ3n) is 3.71. The van der Waals surface area contributed by atoms with E-state index in [1.807, 2.05) is 4.90 Å². The van der Waals surface area contributed by atoms with Crippen molar-refractivity contribution in [1.29, 1.82) is 0 Å². The zero-order valence-corrected chi connectivity index (χ0v) is 13.3. The summed E-state index contributed by atoms with van der Waals surface area (Å²) >= 11 is 0. The predicted octanol–water partition coefficient (Wildman–Crippen LogP) is 0.760. The highest BCUT2D eigenvalue weighted by atomic mass is 35.5. The minimum absolute atomic E-state index is 0. The Bertz CT molecular complexity index is 509. The highest BCUT2D eigenvalue weighted by Gasteiger charge is 2.28. The maximum Gasteiger partial charge on any atom is 0.270 e. The molecule has 0 saturated carbocycles. The van der Waals surface area contributed by atoms with Gasteiger partial charge in [-0.1, -0.05) is 6.92 Å². The third kappa shape index (κ3) is 3.77. The molecule has 21 heavy (non-hydrogen) atoms. The molecule has 1 aliphatic heterocycles. The van der Waals surface area contributed by atoms with E-state index in [0.29, 0.717) is 11.3 Å². The summed E-state index contributed by atoms with van der Waals surface area (Å²) in [6.45, 7) is 4.56. The molecular formula is C14H23ClN4O2. The molecule has 2 amide bonds. The topological polar surface area (TPSA) is 80.4 Å². The van der Waals surface area contributed by atoms with Crippen LogP contribution in [0.25, 0.3) is 0 Å². The van der Waals surface area contributed by atoms with Crippen LogP contribution >= 0.6 is 12.4 Å². The molecule has 1 saturated heterocycles. The first-order valence-corrected chi connectivity index (χ1v) is 7.02. The molecule has 1 aromatic heterocycles. The Morgan fingerprint density at radius 2 is 2.24 bits per heavy atom. The van der Waals surface area contributed by atoms with Crippen molar-refractivity contribution >= 4 is 24.2 Å². The first-order valence-electron chi connectivity index (χ1n) is 7.02. The number of primary amides is 1. The smallest absolute Gasteiger partial charge is 0.270 e. The maximum absolute atomic E-state index is 12.7. The average molecular weight is 315 g/mol. The lowest BCUT2D eigenvalue weighted by Gasteiger charge is -2.28. The second kappa shape index (κ2) is 7.47. The second-order valence-electron chi connectivity index (χ2n) is 5.23. The van der Waals surface area contributed by atoms with E-state index < -0.39 is 5.91 Å². The van der Waals surface area contributed by atoms with Gasteiger partial charge in [-0.25, -0.2) is 0 Å². The number of nitrogens with two attached hydrogens (primary N) is 1. The van der Waals surface area contributed by atoms with Crippen molar-refractivity contribution < 1.29 is 9.59 Å². The van der Waals surface area contributed by atoms with E-state index in [-0.39, 0.29) is 24.4 Å². The van der Waals surface area contributed by atoms with E-state index in [2.05, 4.69) is 12.2 Å². The highest BCUT2D eigenvalue weighted by Crippen LogP contribution is 2.16. The van der Waals surface area contributed by atoms with Gasteiger partial charge in [-0.3, -0.25) is 9.59 Å². The van der Waals surface area contributed by atoms with Gasteiger partial charge in [0.2, 0.25) is 5.91 Å². The first-order chi connectivity index (χ1) is 9.54. The molecule has 118 valence electrons. The van der Waals surface area contributed by atoms with Crippen LogP contribution in [-0.4, -0.2) is 47.0 Å². The minimum atomic E-state index is -0.510. The Hall–Kier alpha value is -1.53. The lowest BCUT2D eigenvalue weighted by atomic mass is 10.2. The van der Waals surface area contributed by atoms with Crippen molar-refractivity contribution in [3.8, 4) is 0 Å². The first kappa shape index (κ1) is 17.5. The Labute approximate surface area is 131 Å². The van der Waals surface area contributed by atoms with Crippen LogP contribution in [0, 0.1) is 0 Å². The minimum Gasteiger partial charge on any atom is -0.366 e. The van der Waals surface area contributed by atoms with Crippen molar-refractivity contribution in [2.45, 2.75) is 25.8 Å². The van der Waals surface area contributed by atoms with Gasteiger partial charge in [-0.2, -0.15) is 0 Å². The predicted molar refractivity (Wildman–Crippen MR) is 83.8 cm³/mol. The van der Waals surface area contributed by atoms with E-state index in [1.165, 1.54) is 0 Å². The number of amides is 2. The van der Waals surface area contributed by atoms with Crippen LogP contribution in [0.3, 0.4) is 0 Å². The molecule has 0 bridgehead atoms. The number of carbonyl (C=O) groups is 2. The Morgan fingerprint density at radius 3 is 2.71 bits per heavy atom. The fourth-order valence-corrected chi connectivity index (χ4v) is 2.66. The number of hydrogen-bond acceptors (Lipinski definition) is 3. The standard InChI is InChI=1S/C14H22N4O2.ClH/c1-3-6-18(11-4-5-16-8-11)14(20)12-7-10(13(15)19)9-17(12)2;/h7,9,11,16H,3-6,8H2,1-2H3,(H2,15,19);1H. The molecule has 1 fully saturated rings. The molecule has 2 rings (SSSR count). The van der Waals surface area contributed by atoms with Gasteiger partial charge in [0.05, 0.1) is 5.56 Å². The number of halogens is 1. The molecular weight excluding hydrogens is 292 g/mol. The van der Waals surface area contributed by atoms with Gasteiger partial charge in [-0.05, 0) is 25.5 Å². The van der Waals surface area contributed by atoms with Gasteiger partial charge < -0.3 is 20.5 Å². The quantitative estimate of drug-likeness (QED) is 0.842. The molecule has 0 aromatic carbocycles. The highest BCUT2D eigenvalue weighted by molar-refractivity contribution is 5.98. The van der Waals surface area contributed by atoms with Crippen LogP contribution in [0.4, 0.5) is 0 Å². The van der Waals surface area contributed by atoms with E-state index in [9.17, 15) is 9.59 Å². The Kier molecular flexibility index (Phi) is 6.23. The van der Waals surface area contributed by atoms with E-state index in [4.69, 9.17) is 5.73 Å². The zero-order chi connectivity index (χ0) is 14.7. The molecule has 6 nitrogen and oxygen atoms in total. The van der Waals surface area contributed by atoms with Crippen LogP contribution < -0.4 is 11.1 Å². The molecule has 1 unspecified atom stereocenters. The van der Waals surface area contributed by atoms with E-state index in [0.717, 1.165) is 32.5 Å². The molecule has 3 N–H and O–H groups in total. The van der Waals surface area contributed by atoms with E-state index >= 15 is 0 Å². The van der Waals surface area contributed by atoms with Crippen LogP contribution in [0.5, 0.6) is 0 Å². The summed E-state index contributed by atoms with van der Waals surface area (Å²) in [6.07, 6.45) is 3.49. The maximum atomic E-state index is 12.7. The van der Waals surface area contributed by atoms with Crippen LogP contribution in [-0.2, 0) is 7.05 Å². The molecule has 0 aliphatic carbocycles. The van der Waals surface area contributed by atoms with Gasteiger partial charge in [0, 0.05) is 32.4 Å². The number of nitrogens with zero attached hydrogens (tertiary/aromatic N) is 2.